The minimum Gasteiger partial charge on any atom is -0.481 e. The van der Waals surface area contributed by atoms with Gasteiger partial charge < -0.3 is 10.0 Å². The number of carbonyl (C=O) groups is 2. The molecule has 0 aliphatic rings. The minimum absolute atomic E-state index is 0.0449. The normalized spacial score (nSPS) is 10.7. The number of rotatable bonds is 5. The maximum absolute atomic E-state index is 12.3. The van der Waals surface area contributed by atoms with Gasteiger partial charge in [-0.15, -0.1) is 0 Å². The van der Waals surface area contributed by atoms with Crippen LogP contribution in [0.15, 0.2) is 6.20 Å². The highest BCUT2D eigenvalue weighted by molar-refractivity contribution is 5.95. The summed E-state index contributed by atoms with van der Waals surface area (Å²) in [6.45, 7) is 5.71. The number of hydrogen-bond donors (Lipinski definition) is 1. The van der Waals surface area contributed by atoms with Crippen LogP contribution in [-0.4, -0.2) is 44.3 Å². The number of amides is 1. The first-order chi connectivity index (χ1) is 8.32. The Morgan fingerprint density at radius 1 is 1.50 bits per heavy atom. The van der Waals surface area contributed by atoms with Crippen LogP contribution in [0.3, 0.4) is 0 Å². The van der Waals surface area contributed by atoms with Gasteiger partial charge in [0.05, 0.1) is 17.7 Å². The molecule has 1 amide bonds. The Labute approximate surface area is 106 Å². The topological polar surface area (TPSA) is 75.4 Å². The van der Waals surface area contributed by atoms with Gasteiger partial charge in [0.2, 0.25) is 0 Å². The van der Waals surface area contributed by atoms with E-state index in [4.69, 9.17) is 5.11 Å². The van der Waals surface area contributed by atoms with Crippen molar-refractivity contribution in [1.82, 2.24) is 14.7 Å². The van der Waals surface area contributed by atoms with E-state index in [0.717, 1.165) is 0 Å². The highest BCUT2D eigenvalue weighted by atomic mass is 16.4. The second-order valence-corrected chi connectivity index (χ2v) is 4.54. The molecule has 0 radical (unpaired) electrons. The molecule has 0 fully saturated rings. The fraction of sp³-hybridized carbons (Fsp3) is 0.583. The predicted molar refractivity (Wildman–Crippen MR) is 66.4 cm³/mol. The lowest BCUT2D eigenvalue weighted by molar-refractivity contribution is -0.137. The molecule has 1 heterocycles. The highest BCUT2D eigenvalue weighted by Gasteiger charge is 2.22. The van der Waals surface area contributed by atoms with Crippen LogP contribution in [-0.2, 0) is 11.8 Å². The number of aromatic nitrogens is 2. The zero-order chi connectivity index (χ0) is 13.9. The number of nitrogens with zero attached hydrogens (tertiary/aromatic N) is 3. The molecule has 1 rings (SSSR count). The van der Waals surface area contributed by atoms with E-state index in [2.05, 4.69) is 5.10 Å². The van der Waals surface area contributed by atoms with Crippen molar-refractivity contribution >= 4 is 11.9 Å². The fourth-order valence-electron chi connectivity index (χ4n) is 1.77. The minimum atomic E-state index is -0.906. The first kappa shape index (κ1) is 14.2. The quantitative estimate of drug-likeness (QED) is 0.851. The lowest BCUT2D eigenvalue weighted by Crippen LogP contribution is -2.38. The van der Waals surface area contributed by atoms with Crippen LogP contribution in [0.25, 0.3) is 0 Å². The Morgan fingerprint density at radius 3 is 2.50 bits per heavy atom. The molecule has 0 aromatic carbocycles. The third-order valence-corrected chi connectivity index (χ3v) is 2.69. The largest absolute Gasteiger partial charge is 0.481 e. The molecule has 0 saturated carbocycles. The molecule has 0 atom stereocenters. The third-order valence-electron chi connectivity index (χ3n) is 2.69. The van der Waals surface area contributed by atoms with Crippen LogP contribution in [0.2, 0.25) is 0 Å². The van der Waals surface area contributed by atoms with E-state index in [0.29, 0.717) is 11.3 Å². The van der Waals surface area contributed by atoms with Gasteiger partial charge in [-0.25, -0.2) is 0 Å². The zero-order valence-electron chi connectivity index (χ0n) is 11.2. The van der Waals surface area contributed by atoms with Crippen molar-refractivity contribution in [2.45, 2.75) is 33.2 Å². The molecule has 0 bridgehead atoms. The summed E-state index contributed by atoms with van der Waals surface area (Å²) < 4.78 is 1.58. The molecule has 6 heteroatoms. The molecule has 0 saturated heterocycles. The predicted octanol–water partition coefficient (Wildman–Crippen LogP) is 1.05. The summed E-state index contributed by atoms with van der Waals surface area (Å²) in [5, 5.41) is 12.8. The molecule has 1 aromatic heterocycles. The Balaban J connectivity index is 2.89. The smallest absolute Gasteiger partial charge is 0.305 e. The summed E-state index contributed by atoms with van der Waals surface area (Å²) >= 11 is 0. The van der Waals surface area contributed by atoms with Crippen LogP contribution in [0, 0.1) is 6.92 Å². The van der Waals surface area contributed by atoms with E-state index in [1.807, 2.05) is 13.8 Å². The maximum Gasteiger partial charge on any atom is 0.305 e. The fourth-order valence-corrected chi connectivity index (χ4v) is 1.77. The molecule has 0 aliphatic heterocycles. The van der Waals surface area contributed by atoms with Crippen molar-refractivity contribution in [3.05, 3.63) is 17.5 Å². The average molecular weight is 253 g/mol. The average Bonchev–Trinajstić information content (AvgIpc) is 2.56. The van der Waals surface area contributed by atoms with Gasteiger partial charge in [-0.3, -0.25) is 14.3 Å². The van der Waals surface area contributed by atoms with E-state index in [-0.39, 0.29) is 24.9 Å². The van der Waals surface area contributed by atoms with Crippen molar-refractivity contribution < 1.29 is 14.7 Å². The molecule has 0 unspecified atom stereocenters. The van der Waals surface area contributed by atoms with Gasteiger partial charge in [-0.2, -0.15) is 5.10 Å². The van der Waals surface area contributed by atoms with Crippen LogP contribution < -0.4 is 0 Å². The molecular weight excluding hydrogens is 234 g/mol. The highest BCUT2D eigenvalue weighted by Crippen LogP contribution is 2.12. The molecular formula is C12H19N3O3. The maximum atomic E-state index is 12.3. The van der Waals surface area contributed by atoms with Crippen LogP contribution in [0.5, 0.6) is 0 Å². The lowest BCUT2D eigenvalue weighted by atomic mass is 10.2. The lowest BCUT2D eigenvalue weighted by Gasteiger charge is -2.25. The summed E-state index contributed by atoms with van der Waals surface area (Å²) in [6, 6.07) is -0.0449. The number of carboxylic acids is 1. The molecule has 0 aliphatic carbocycles. The Morgan fingerprint density at radius 2 is 2.11 bits per heavy atom. The first-order valence-corrected chi connectivity index (χ1v) is 5.86. The zero-order valence-corrected chi connectivity index (χ0v) is 11.2. The standard InChI is InChI=1S/C12H19N3O3/c1-8(2)15(6-5-11(16)17)12(18)10-7-14(4)13-9(10)3/h7-8H,5-6H2,1-4H3,(H,16,17). The molecule has 0 spiro atoms. The van der Waals surface area contributed by atoms with Crippen LogP contribution >= 0.6 is 0 Å². The molecule has 100 valence electrons. The monoisotopic (exact) mass is 253 g/mol. The number of aliphatic carboxylic acids is 1. The number of hydrogen-bond acceptors (Lipinski definition) is 3. The summed E-state index contributed by atoms with van der Waals surface area (Å²) in [5.74, 6) is -1.08. The van der Waals surface area contributed by atoms with E-state index in [9.17, 15) is 9.59 Å². The summed E-state index contributed by atoms with van der Waals surface area (Å²) in [7, 11) is 1.75. The van der Waals surface area contributed by atoms with Crippen molar-refractivity contribution in [3.63, 3.8) is 0 Å². The summed E-state index contributed by atoms with van der Waals surface area (Å²) in [6.07, 6.45) is 1.61. The first-order valence-electron chi connectivity index (χ1n) is 5.86. The Kier molecular flexibility index (Phi) is 4.47. The summed E-state index contributed by atoms with van der Waals surface area (Å²) in [5.41, 5.74) is 1.18. The second kappa shape index (κ2) is 5.66. The van der Waals surface area contributed by atoms with Gasteiger partial charge in [0.15, 0.2) is 0 Å². The van der Waals surface area contributed by atoms with Crippen molar-refractivity contribution in [2.24, 2.45) is 7.05 Å². The van der Waals surface area contributed by atoms with Crippen LogP contribution in [0.1, 0.15) is 36.3 Å². The van der Waals surface area contributed by atoms with Crippen LogP contribution in [0.4, 0.5) is 0 Å². The van der Waals surface area contributed by atoms with Gasteiger partial charge in [0, 0.05) is 25.8 Å². The number of carboxylic acid groups (broad SMARTS) is 1. The number of aryl methyl sites for hydroxylation is 2. The Bertz CT molecular complexity index is 451. The molecule has 1 aromatic rings. The SMILES string of the molecule is Cc1nn(C)cc1C(=O)N(CCC(=O)O)C(C)C. The molecule has 1 N–H and O–H groups in total. The van der Waals surface area contributed by atoms with Gasteiger partial charge >= 0.3 is 5.97 Å². The third kappa shape index (κ3) is 3.32. The second-order valence-electron chi connectivity index (χ2n) is 4.54. The van der Waals surface area contributed by atoms with E-state index in [1.165, 1.54) is 0 Å². The Hall–Kier alpha value is -1.85. The summed E-state index contributed by atoms with van der Waals surface area (Å²) in [4.78, 5) is 24.5. The van der Waals surface area contributed by atoms with E-state index < -0.39 is 5.97 Å². The van der Waals surface area contributed by atoms with E-state index in [1.54, 1.807) is 29.7 Å². The van der Waals surface area contributed by atoms with Crippen molar-refractivity contribution in [2.75, 3.05) is 6.54 Å². The molecule has 18 heavy (non-hydrogen) atoms. The van der Waals surface area contributed by atoms with Crippen molar-refractivity contribution in [3.8, 4) is 0 Å². The van der Waals surface area contributed by atoms with Gasteiger partial charge in [-0.05, 0) is 20.8 Å². The molecule has 6 nitrogen and oxygen atoms in total. The number of carbonyl (C=O) groups excluding carboxylic acids is 1. The van der Waals surface area contributed by atoms with Gasteiger partial charge in [-0.1, -0.05) is 0 Å². The van der Waals surface area contributed by atoms with Gasteiger partial charge in [0.25, 0.3) is 5.91 Å². The van der Waals surface area contributed by atoms with E-state index >= 15 is 0 Å². The van der Waals surface area contributed by atoms with Gasteiger partial charge in [0.1, 0.15) is 0 Å². The van der Waals surface area contributed by atoms with Crippen molar-refractivity contribution in [1.29, 1.82) is 0 Å².